The molecule has 1 fully saturated rings. The molecule has 2 amide bonds. The first-order valence-corrected chi connectivity index (χ1v) is 10.0. The highest BCUT2D eigenvalue weighted by molar-refractivity contribution is 7.09. The summed E-state index contributed by atoms with van der Waals surface area (Å²) in [6, 6.07) is 0. The average molecular weight is 366 g/mol. The van der Waals surface area contributed by atoms with Crippen molar-refractivity contribution in [2.45, 2.75) is 66.3 Å². The van der Waals surface area contributed by atoms with E-state index in [1.165, 1.54) is 0 Å². The first kappa shape index (κ1) is 19.9. The van der Waals surface area contributed by atoms with Gasteiger partial charge in [0.1, 0.15) is 0 Å². The highest BCUT2D eigenvalue weighted by atomic mass is 32.1. The predicted octanol–water partition coefficient (Wildman–Crippen LogP) is 3.56. The van der Waals surface area contributed by atoms with Crippen LogP contribution in [0.25, 0.3) is 0 Å². The quantitative estimate of drug-likeness (QED) is 0.868. The third-order valence-corrected chi connectivity index (χ3v) is 5.40. The van der Waals surface area contributed by atoms with Crippen LogP contribution < -0.4 is 5.32 Å². The Morgan fingerprint density at radius 2 is 2.12 bits per heavy atom. The van der Waals surface area contributed by atoms with Gasteiger partial charge in [0.05, 0.1) is 17.2 Å². The van der Waals surface area contributed by atoms with Gasteiger partial charge in [0.15, 0.2) is 0 Å². The van der Waals surface area contributed by atoms with Crippen molar-refractivity contribution < 1.29 is 9.59 Å². The van der Waals surface area contributed by atoms with Crippen LogP contribution in [0.2, 0.25) is 0 Å². The van der Waals surface area contributed by atoms with Crippen LogP contribution in [0.15, 0.2) is 5.38 Å². The van der Waals surface area contributed by atoms with Crippen molar-refractivity contribution >= 4 is 23.2 Å². The molecule has 0 radical (unpaired) electrons. The van der Waals surface area contributed by atoms with Crippen molar-refractivity contribution in [3.05, 3.63) is 16.1 Å². The highest BCUT2D eigenvalue weighted by Crippen LogP contribution is 2.30. The largest absolute Gasteiger partial charge is 0.350 e. The molecule has 2 heterocycles. The summed E-state index contributed by atoms with van der Waals surface area (Å²) >= 11 is 1.64. The van der Waals surface area contributed by atoms with Gasteiger partial charge in [0, 0.05) is 36.7 Å². The summed E-state index contributed by atoms with van der Waals surface area (Å²) in [5.74, 6) is 0.598. The van der Waals surface area contributed by atoms with E-state index >= 15 is 0 Å². The minimum Gasteiger partial charge on any atom is -0.350 e. The topological polar surface area (TPSA) is 62.3 Å². The van der Waals surface area contributed by atoms with Crippen molar-refractivity contribution in [1.29, 1.82) is 0 Å². The van der Waals surface area contributed by atoms with Gasteiger partial charge >= 0.3 is 0 Å². The molecule has 1 aromatic rings. The van der Waals surface area contributed by atoms with Gasteiger partial charge < -0.3 is 10.2 Å². The second-order valence-corrected chi connectivity index (χ2v) is 9.36. The molecule has 140 valence electrons. The van der Waals surface area contributed by atoms with Crippen molar-refractivity contribution in [3.8, 4) is 0 Å². The van der Waals surface area contributed by atoms with Crippen molar-refractivity contribution in [2.75, 3.05) is 13.1 Å². The van der Waals surface area contributed by atoms with Gasteiger partial charge in [-0.3, -0.25) is 9.59 Å². The number of amides is 2. The van der Waals surface area contributed by atoms with Gasteiger partial charge in [0.2, 0.25) is 11.8 Å². The van der Waals surface area contributed by atoms with Gasteiger partial charge in [-0.1, -0.05) is 34.6 Å². The van der Waals surface area contributed by atoms with E-state index in [1.54, 1.807) is 11.3 Å². The molecule has 2 rings (SSSR count). The van der Waals surface area contributed by atoms with Gasteiger partial charge in [-0.05, 0) is 18.3 Å². The van der Waals surface area contributed by atoms with Crippen LogP contribution >= 0.6 is 11.3 Å². The lowest BCUT2D eigenvalue weighted by atomic mass is 9.90. The summed E-state index contributed by atoms with van der Waals surface area (Å²) in [6.07, 6.45) is 2.69. The van der Waals surface area contributed by atoms with E-state index in [2.05, 4.69) is 26.1 Å². The monoisotopic (exact) mass is 365 g/mol. The molecule has 0 saturated carbocycles. The lowest BCUT2D eigenvalue weighted by Crippen LogP contribution is -2.40. The summed E-state index contributed by atoms with van der Waals surface area (Å²) < 4.78 is 0. The van der Waals surface area contributed by atoms with Crippen molar-refractivity contribution in [2.24, 2.45) is 11.3 Å². The number of rotatable bonds is 5. The predicted molar refractivity (Wildman–Crippen MR) is 101 cm³/mol. The normalized spacial score (nSPS) is 18.5. The van der Waals surface area contributed by atoms with E-state index in [-0.39, 0.29) is 23.1 Å². The Labute approximate surface area is 155 Å². The smallest absolute Gasteiger partial charge is 0.223 e. The van der Waals surface area contributed by atoms with Crippen molar-refractivity contribution in [3.63, 3.8) is 0 Å². The molecule has 1 aliphatic heterocycles. The second-order valence-electron chi connectivity index (χ2n) is 8.47. The molecule has 1 aliphatic rings. The number of thiazole rings is 1. The van der Waals surface area contributed by atoms with E-state index in [4.69, 9.17) is 4.98 Å². The molecule has 1 N–H and O–H groups in total. The Balaban J connectivity index is 1.93. The fourth-order valence-electron chi connectivity index (χ4n) is 2.94. The van der Waals surface area contributed by atoms with E-state index in [0.29, 0.717) is 18.9 Å². The SMILES string of the molecule is CC(C)C(=O)NCc1csc(C2CCCN(C(=O)CC(C)(C)C)C2)n1. The van der Waals surface area contributed by atoms with Crippen LogP contribution in [0.1, 0.15) is 70.5 Å². The summed E-state index contributed by atoms with van der Waals surface area (Å²) in [6.45, 7) is 12.2. The van der Waals surface area contributed by atoms with Gasteiger partial charge in [-0.15, -0.1) is 11.3 Å². The van der Waals surface area contributed by atoms with Gasteiger partial charge in [-0.2, -0.15) is 0 Å². The van der Waals surface area contributed by atoms with Crippen LogP contribution in [0, 0.1) is 11.3 Å². The fourth-order valence-corrected chi connectivity index (χ4v) is 3.89. The lowest BCUT2D eigenvalue weighted by molar-refractivity contribution is -0.134. The Kier molecular flexibility index (Phi) is 6.60. The number of hydrogen-bond acceptors (Lipinski definition) is 4. The highest BCUT2D eigenvalue weighted by Gasteiger charge is 2.28. The number of nitrogens with one attached hydrogen (secondary N) is 1. The summed E-state index contributed by atoms with van der Waals surface area (Å²) in [5.41, 5.74) is 0.930. The Morgan fingerprint density at radius 1 is 1.40 bits per heavy atom. The minimum absolute atomic E-state index is 0.0150. The summed E-state index contributed by atoms with van der Waals surface area (Å²) in [4.78, 5) is 30.9. The second kappa shape index (κ2) is 8.30. The zero-order valence-corrected chi connectivity index (χ0v) is 16.9. The van der Waals surface area contributed by atoms with Crippen molar-refractivity contribution in [1.82, 2.24) is 15.2 Å². The van der Waals surface area contributed by atoms with E-state index < -0.39 is 0 Å². The molecule has 1 saturated heterocycles. The maximum absolute atomic E-state index is 12.5. The Bertz CT molecular complexity index is 604. The maximum atomic E-state index is 12.5. The molecule has 6 heteroatoms. The van der Waals surface area contributed by atoms with Crippen LogP contribution in [-0.2, 0) is 16.1 Å². The Morgan fingerprint density at radius 3 is 2.76 bits per heavy atom. The average Bonchev–Trinajstić information content (AvgIpc) is 3.00. The molecule has 5 nitrogen and oxygen atoms in total. The minimum atomic E-state index is -0.0150. The number of aromatic nitrogens is 1. The lowest BCUT2D eigenvalue weighted by Gasteiger charge is -2.33. The molecule has 25 heavy (non-hydrogen) atoms. The van der Waals surface area contributed by atoms with E-state index in [1.807, 2.05) is 24.1 Å². The van der Waals surface area contributed by atoms with E-state index in [0.717, 1.165) is 36.6 Å². The molecule has 1 aromatic heterocycles. The molecule has 0 aliphatic carbocycles. The van der Waals surface area contributed by atoms with Crippen LogP contribution in [0.4, 0.5) is 0 Å². The Hall–Kier alpha value is -1.43. The molecule has 0 bridgehead atoms. The molecule has 0 spiro atoms. The van der Waals surface area contributed by atoms with Crippen LogP contribution in [-0.4, -0.2) is 34.8 Å². The molecular weight excluding hydrogens is 334 g/mol. The zero-order valence-electron chi connectivity index (χ0n) is 16.1. The van der Waals surface area contributed by atoms with Gasteiger partial charge in [0.25, 0.3) is 0 Å². The number of nitrogens with zero attached hydrogens (tertiary/aromatic N) is 2. The number of carbonyl (C=O) groups excluding carboxylic acids is 2. The van der Waals surface area contributed by atoms with E-state index in [9.17, 15) is 9.59 Å². The first-order chi connectivity index (χ1) is 11.7. The molecule has 1 atom stereocenters. The third kappa shape index (κ3) is 6.10. The molecule has 0 aromatic carbocycles. The molecule has 1 unspecified atom stereocenters. The summed E-state index contributed by atoms with van der Waals surface area (Å²) in [5, 5.41) is 6.01. The maximum Gasteiger partial charge on any atom is 0.223 e. The molecular formula is C19H31N3O2S. The number of piperidine rings is 1. The zero-order chi connectivity index (χ0) is 18.6. The van der Waals surface area contributed by atoms with Gasteiger partial charge in [-0.25, -0.2) is 4.98 Å². The first-order valence-electron chi connectivity index (χ1n) is 9.15. The number of carbonyl (C=O) groups is 2. The standard InChI is InChI=1S/C19H31N3O2S/c1-13(2)17(24)20-10-15-12-25-18(21-15)14-7-6-8-22(11-14)16(23)9-19(3,4)5/h12-14H,6-11H2,1-5H3,(H,20,24). The fraction of sp³-hybridized carbons (Fsp3) is 0.737. The summed E-state index contributed by atoms with van der Waals surface area (Å²) in [7, 11) is 0. The van der Waals surface area contributed by atoms with Crippen LogP contribution in [0.3, 0.4) is 0 Å². The number of hydrogen-bond donors (Lipinski definition) is 1. The van der Waals surface area contributed by atoms with Crippen LogP contribution in [0.5, 0.6) is 0 Å². The third-order valence-electron chi connectivity index (χ3n) is 4.34. The number of likely N-dealkylation sites (tertiary alicyclic amines) is 1.